The van der Waals surface area contributed by atoms with Crippen molar-refractivity contribution in [2.24, 2.45) is 0 Å². The summed E-state index contributed by atoms with van der Waals surface area (Å²) < 4.78 is 59.2. The molecule has 6 rings (SSSR count). The van der Waals surface area contributed by atoms with Crippen LogP contribution in [0.15, 0.2) is 97.1 Å². The van der Waals surface area contributed by atoms with Crippen LogP contribution in [0.25, 0.3) is 10.8 Å². The number of hydrogen-bond donors (Lipinski definition) is 0. The summed E-state index contributed by atoms with van der Waals surface area (Å²) in [5.74, 6) is 0.730. The van der Waals surface area contributed by atoms with E-state index in [4.69, 9.17) is 0 Å². The number of rotatable bonds is 2. The molecule has 1 saturated carbocycles. The minimum absolute atomic E-state index is 0.730. The van der Waals surface area contributed by atoms with Crippen LogP contribution in [0, 0.1) is 0 Å². The number of halogens is 6. The first-order chi connectivity index (χ1) is 16.8. The maximum absolute atomic E-state index is 10.7. The molecule has 0 radical (unpaired) electrons. The molecule has 4 aromatic carbocycles. The third-order valence-electron chi connectivity index (χ3n) is 7.39. The van der Waals surface area contributed by atoms with Gasteiger partial charge in [-0.2, -0.15) is 0 Å². The van der Waals surface area contributed by atoms with Crippen LogP contribution in [-0.2, 0) is 6.16 Å². The molecule has 2 bridgehead atoms. The number of hydrogen-bond acceptors (Lipinski definition) is 0. The largest absolute Gasteiger partial charge is 0.0998 e. The maximum atomic E-state index is 9.87. The van der Waals surface area contributed by atoms with E-state index in [0.717, 1.165) is 11.6 Å². The monoisotopic (exact) mass is 538 g/mol. The Kier molecular flexibility index (Phi) is 5.82. The molecule has 4 aromatic rings. The van der Waals surface area contributed by atoms with Crippen molar-refractivity contribution in [3.63, 3.8) is 0 Å². The first-order valence-electron chi connectivity index (χ1n) is 11.9. The van der Waals surface area contributed by atoms with Gasteiger partial charge in [-0.05, 0) is 65.8 Å². The smallest absolute Gasteiger partial charge is 0.0620 e. The molecule has 0 amide bonds. The van der Waals surface area contributed by atoms with E-state index in [1.54, 1.807) is 21.7 Å². The van der Waals surface area contributed by atoms with E-state index in [9.17, 15) is 25.2 Å². The van der Waals surface area contributed by atoms with Crippen LogP contribution in [0.5, 0.6) is 0 Å². The van der Waals surface area contributed by atoms with E-state index in [2.05, 4.69) is 97.1 Å². The molecule has 0 unspecified atom stereocenters. The van der Waals surface area contributed by atoms with Gasteiger partial charge in [-0.3, -0.25) is 0 Å². The van der Waals surface area contributed by atoms with Gasteiger partial charge in [0.2, 0.25) is 0 Å². The molecule has 8 heteroatoms. The summed E-state index contributed by atoms with van der Waals surface area (Å²) in [4.78, 5) is 0. The summed E-state index contributed by atoms with van der Waals surface area (Å²) in [5.41, 5.74) is 4.07. The van der Waals surface area contributed by atoms with E-state index in [-0.39, 0.29) is 0 Å². The van der Waals surface area contributed by atoms with Crippen molar-refractivity contribution >= 4 is 36.5 Å². The van der Waals surface area contributed by atoms with Gasteiger partial charge in [-0.15, -0.1) is 0 Å². The Balaban J connectivity index is 0.000000338. The zero-order valence-electron chi connectivity index (χ0n) is 19.4. The van der Waals surface area contributed by atoms with Gasteiger partial charge in [0, 0.05) is 5.56 Å². The van der Waals surface area contributed by atoms with Gasteiger partial charge in [0.25, 0.3) is 0 Å². The Bertz CT molecular complexity index is 1340. The van der Waals surface area contributed by atoms with Crippen LogP contribution in [0.1, 0.15) is 36.3 Å². The summed E-state index contributed by atoms with van der Waals surface area (Å²) in [5, 5.41) is 6.06. The molecule has 0 aromatic heterocycles. The maximum Gasteiger partial charge on any atom is 0.0998 e. The first-order valence-corrected chi connectivity index (χ1v) is 15.9. The second-order valence-corrected chi connectivity index (χ2v) is 15.4. The van der Waals surface area contributed by atoms with Crippen molar-refractivity contribution < 1.29 is 25.2 Å². The summed E-state index contributed by atoms with van der Waals surface area (Å²) in [6.45, 7) is 0. The summed E-state index contributed by atoms with van der Waals surface area (Å²) >= 11 is 0. The molecule has 0 nitrogen and oxygen atoms in total. The van der Waals surface area contributed by atoms with Crippen molar-refractivity contribution in [3.8, 4) is 0 Å². The van der Waals surface area contributed by atoms with Crippen molar-refractivity contribution in [2.45, 2.75) is 37.0 Å². The van der Waals surface area contributed by atoms with E-state index in [1.165, 1.54) is 36.2 Å². The Morgan fingerprint density at radius 3 is 1.72 bits per heavy atom. The van der Waals surface area contributed by atoms with Crippen LogP contribution in [0.3, 0.4) is 0 Å². The average Bonchev–Trinajstić information content (AvgIpc) is 3.26. The quantitative estimate of drug-likeness (QED) is 0.176. The van der Waals surface area contributed by atoms with E-state index in [1.807, 2.05) is 0 Å². The minimum Gasteiger partial charge on any atom is -0.0620 e. The topological polar surface area (TPSA) is 0 Å². The van der Waals surface area contributed by atoms with E-state index < -0.39 is 15.1 Å². The molecule has 36 heavy (non-hydrogen) atoms. The van der Waals surface area contributed by atoms with Crippen LogP contribution >= 0.6 is 15.1 Å². The summed E-state index contributed by atoms with van der Waals surface area (Å²) in [6, 6.07) is 36.9. The van der Waals surface area contributed by atoms with Crippen LogP contribution in [0.4, 0.5) is 25.2 Å². The SMILES string of the molecule is F[P-](F)(F)(F)(F)F.c1ccc([P+]2(c3ccccc3)Cc3c(ccc4ccccc34)[C@H]3CC[C@@H]2C3)cc1. The van der Waals surface area contributed by atoms with Gasteiger partial charge in [0.15, 0.2) is 0 Å². The minimum atomic E-state index is -10.7. The molecule has 1 heterocycles. The fraction of sp³-hybridized carbons (Fsp3) is 0.214. The van der Waals surface area contributed by atoms with Gasteiger partial charge < -0.3 is 0 Å². The Morgan fingerprint density at radius 1 is 0.611 bits per heavy atom. The van der Waals surface area contributed by atoms with E-state index >= 15 is 0 Å². The molecular weight excluding hydrogens is 512 g/mol. The molecule has 2 aliphatic rings. The van der Waals surface area contributed by atoms with Gasteiger partial charge in [0.1, 0.15) is 0 Å². The molecule has 1 fully saturated rings. The zero-order valence-corrected chi connectivity index (χ0v) is 21.2. The molecule has 0 N–H and O–H groups in total. The number of benzene rings is 4. The van der Waals surface area contributed by atoms with Gasteiger partial charge in [0.05, 0.1) is 29.7 Å². The molecule has 0 saturated heterocycles. The van der Waals surface area contributed by atoms with Gasteiger partial charge in [-0.25, -0.2) is 0 Å². The normalized spacial score (nSPS) is 22.4. The summed E-state index contributed by atoms with van der Waals surface area (Å²) in [7, 11) is -12.2. The van der Waals surface area contributed by atoms with Crippen LogP contribution < -0.4 is 10.6 Å². The fourth-order valence-corrected chi connectivity index (χ4v) is 11.3. The predicted molar refractivity (Wildman–Crippen MR) is 141 cm³/mol. The zero-order chi connectivity index (χ0) is 25.7. The first kappa shape index (κ1) is 25.2. The van der Waals surface area contributed by atoms with Crippen LogP contribution in [-0.4, -0.2) is 5.66 Å². The average molecular weight is 538 g/mol. The van der Waals surface area contributed by atoms with Crippen molar-refractivity contribution in [1.29, 1.82) is 0 Å². The van der Waals surface area contributed by atoms with Crippen molar-refractivity contribution in [3.05, 3.63) is 108 Å². The van der Waals surface area contributed by atoms with Gasteiger partial charge in [-0.1, -0.05) is 72.8 Å². The second kappa shape index (κ2) is 8.30. The molecule has 0 spiro atoms. The van der Waals surface area contributed by atoms with Crippen molar-refractivity contribution in [1.82, 2.24) is 0 Å². The third-order valence-corrected chi connectivity index (χ3v) is 12.4. The Morgan fingerprint density at radius 2 is 1.14 bits per heavy atom. The predicted octanol–water partition coefficient (Wildman–Crippen LogP) is 10.0. The number of fused-ring (bicyclic) bond motifs is 6. The van der Waals surface area contributed by atoms with Crippen molar-refractivity contribution in [2.75, 3.05) is 0 Å². The Hall–Kier alpha value is -2.42. The summed E-state index contributed by atoms with van der Waals surface area (Å²) in [6.07, 6.45) is 5.27. The standard InChI is InChI=1S/C28H26P.F6P/c1-3-10-23(11-4-1)29(24-12-5-2-6-13-24)20-28-26-14-8-7-9-21(26)16-18-27(28)22-15-17-25(29)19-22;1-7(2,3,4,5)6/h1-14,16,18,22,25H,15,17,19-20H2;/q+1;-1/t22-,25+;/m0./s1. The molecule has 2 atom stereocenters. The molecule has 1 aliphatic carbocycles. The fourth-order valence-electron chi connectivity index (χ4n) is 6.07. The van der Waals surface area contributed by atoms with Crippen LogP contribution in [0.2, 0.25) is 0 Å². The molecule has 190 valence electrons. The van der Waals surface area contributed by atoms with Gasteiger partial charge >= 0.3 is 33.0 Å². The molecular formula is C28H26F6P2. The Labute approximate surface area is 206 Å². The van der Waals surface area contributed by atoms with E-state index in [0.29, 0.717) is 0 Å². The third kappa shape index (κ3) is 5.45. The second-order valence-electron chi connectivity index (χ2n) is 9.67. The molecule has 1 aliphatic heterocycles.